The molecular weight excluding hydrogens is 353 g/mol. The number of hydrogen-bond acceptors (Lipinski definition) is 4. The molecule has 0 fully saturated rings. The number of phenols is 1. The Balaban J connectivity index is 2.27. The van der Waals surface area contributed by atoms with E-state index in [1.165, 1.54) is 49.5 Å². The number of carbonyl (C=O) groups excluding carboxylic acids is 1. The van der Waals surface area contributed by atoms with Crippen molar-refractivity contribution >= 4 is 22.8 Å². The van der Waals surface area contributed by atoms with Crippen molar-refractivity contribution in [2.75, 3.05) is 7.05 Å². The van der Waals surface area contributed by atoms with Gasteiger partial charge >= 0.3 is 5.97 Å². The topological polar surface area (TPSA) is 99.8 Å². The first kappa shape index (κ1) is 18.2. The molecule has 3 rings (SSSR count). The second-order valence-corrected chi connectivity index (χ2v) is 5.77. The van der Waals surface area contributed by atoms with Gasteiger partial charge in [-0.2, -0.15) is 0 Å². The highest BCUT2D eigenvalue weighted by Gasteiger charge is 2.24. The zero-order valence-electron chi connectivity index (χ0n) is 14.3. The number of phenolic OH excluding ortho intramolecular Hbond substituents is 1. The molecule has 138 valence electrons. The standard InChI is InChI=1S/C20H16FNO5/c1-22-20(26)18-17-13(3-2-4-16(24)25)14(23)9-10-15(17)27-19(18)11-5-7-12(21)8-6-11/h2,4-10,23H,3H2,1H3,(H,22,26)(H,24,25). The maximum Gasteiger partial charge on any atom is 0.327 e. The van der Waals surface area contributed by atoms with Crippen molar-refractivity contribution in [2.24, 2.45) is 0 Å². The predicted octanol–water partition coefficient (Wildman–Crippen LogP) is 3.49. The zero-order chi connectivity index (χ0) is 19.6. The number of carbonyl (C=O) groups is 2. The highest BCUT2D eigenvalue weighted by molar-refractivity contribution is 6.12. The van der Waals surface area contributed by atoms with E-state index in [9.17, 15) is 19.1 Å². The molecular formula is C20H16FNO5. The van der Waals surface area contributed by atoms with Gasteiger partial charge in [-0.25, -0.2) is 9.18 Å². The van der Waals surface area contributed by atoms with Crippen LogP contribution in [-0.2, 0) is 11.2 Å². The van der Waals surface area contributed by atoms with Crippen LogP contribution in [-0.4, -0.2) is 29.1 Å². The molecule has 1 amide bonds. The van der Waals surface area contributed by atoms with Crippen LogP contribution in [0.5, 0.6) is 5.75 Å². The molecule has 0 saturated carbocycles. The number of allylic oxidation sites excluding steroid dienone is 1. The number of halogens is 1. The Bertz CT molecular complexity index is 1050. The van der Waals surface area contributed by atoms with Crippen molar-refractivity contribution in [3.63, 3.8) is 0 Å². The smallest absolute Gasteiger partial charge is 0.327 e. The fourth-order valence-corrected chi connectivity index (χ4v) is 2.88. The lowest BCUT2D eigenvalue weighted by Crippen LogP contribution is -2.18. The van der Waals surface area contributed by atoms with Crippen LogP contribution < -0.4 is 5.32 Å². The molecule has 0 aliphatic rings. The lowest BCUT2D eigenvalue weighted by molar-refractivity contribution is -0.131. The van der Waals surface area contributed by atoms with Gasteiger partial charge in [-0.05, 0) is 42.8 Å². The van der Waals surface area contributed by atoms with Gasteiger partial charge in [-0.1, -0.05) is 6.08 Å². The minimum absolute atomic E-state index is 0.0852. The third kappa shape index (κ3) is 3.52. The highest BCUT2D eigenvalue weighted by atomic mass is 19.1. The molecule has 7 heteroatoms. The lowest BCUT2D eigenvalue weighted by Gasteiger charge is -2.06. The van der Waals surface area contributed by atoms with Gasteiger partial charge in [-0.3, -0.25) is 4.79 Å². The van der Waals surface area contributed by atoms with Crippen LogP contribution >= 0.6 is 0 Å². The van der Waals surface area contributed by atoms with Crippen molar-refractivity contribution in [1.29, 1.82) is 0 Å². The molecule has 0 radical (unpaired) electrons. The first-order chi connectivity index (χ1) is 12.9. The van der Waals surface area contributed by atoms with Gasteiger partial charge in [0.05, 0.1) is 5.56 Å². The number of nitrogens with one attached hydrogen (secondary N) is 1. The maximum absolute atomic E-state index is 13.3. The lowest BCUT2D eigenvalue weighted by atomic mass is 9.98. The molecule has 1 heterocycles. The Kier molecular flexibility index (Phi) is 4.94. The molecule has 3 N–H and O–H groups in total. The van der Waals surface area contributed by atoms with E-state index < -0.39 is 17.7 Å². The molecule has 0 unspecified atom stereocenters. The number of hydrogen-bond donors (Lipinski definition) is 3. The molecule has 0 saturated heterocycles. The summed E-state index contributed by atoms with van der Waals surface area (Å²) >= 11 is 0. The van der Waals surface area contributed by atoms with E-state index in [1.807, 2.05) is 0 Å². The molecule has 3 aromatic rings. The van der Waals surface area contributed by atoms with Gasteiger partial charge in [0.2, 0.25) is 0 Å². The van der Waals surface area contributed by atoms with Crippen LogP contribution in [0.15, 0.2) is 53.0 Å². The Morgan fingerprint density at radius 2 is 1.89 bits per heavy atom. The Labute approximate surface area is 153 Å². The average Bonchev–Trinajstić information content (AvgIpc) is 3.03. The van der Waals surface area contributed by atoms with E-state index in [-0.39, 0.29) is 23.5 Å². The van der Waals surface area contributed by atoms with Crippen LogP contribution in [0.2, 0.25) is 0 Å². The minimum atomic E-state index is -1.12. The highest BCUT2D eigenvalue weighted by Crippen LogP contribution is 2.39. The van der Waals surface area contributed by atoms with Gasteiger partial charge in [-0.15, -0.1) is 0 Å². The normalized spacial score (nSPS) is 11.2. The predicted molar refractivity (Wildman–Crippen MR) is 97.1 cm³/mol. The second-order valence-electron chi connectivity index (χ2n) is 5.77. The minimum Gasteiger partial charge on any atom is -0.508 e. The van der Waals surface area contributed by atoms with E-state index in [2.05, 4.69) is 5.32 Å². The molecule has 6 nitrogen and oxygen atoms in total. The summed E-state index contributed by atoms with van der Waals surface area (Å²) in [5.74, 6) is -1.84. The van der Waals surface area contributed by atoms with Gasteiger partial charge in [0, 0.05) is 29.6 Å². The van der Waals surface area contributed by atoms with Crippen molar-refractivity contribution < 1.29 is 28.6 Å². The summed E-state index contributed by atoms with van der Waals surface area (Å²) in [6, 6.07) is 8.42. The third-order valence-corrected chi connectivity index (χ3v) is 4.08. The fourth-order valence-electron chi connectivity index (χ4n) is 2.88. The first-order valence-electron chi connectivity index (χ1n) is 8.07. The van der Waals surface area contributed by atoms with Gasteiger partial charge < -0.3 is 19.9 Å². The Morgan fingerprint density at radius 1 is 1.19 bits per heavy atom. The van der Waals surface area contributed by atoms with Gasteiger partial charge in [0.1, 0.15) is 22.9 Å². The first-order valence-corrected chi connectivity index (χ1v) is 8.07. The molecule has 1 aromatic heterocycles. The summed E-state index contributed by atoms with van der Waals surface area (Å²) in [5.41, 5.74) is 1.40. The van der Waals surface area contributed by atoms with Gasteiger partial charge in [0.25, 0.3) is 5.91 Å². The SMILES string of the molecule is CNC(=O)c1c(-c2ccc(F)cc2)oc2ccc(O)c(CC=CC(=O)O)c12. The molecule has 0 aliphatic carbocycles. The number of aliphatic carboxylic acids is 1. The summed E-state index contributed by atoms with van der Waals surface area (Å²) in [5, 5.41) is 21.9. The zero-order valence-corrected chi connectivity index (χ0v) is 14.3. The number of fused-ring (bicyclic) bond motifs is 1. The fraction of sp³-hybridized carbons (Fsp3) is 0.100. The Morgan fingerprint density at radius 3 is 2.52 bits per heavy atom. The van der Waals surface area contributed by atoms with Crippen LogP contribution in [0.1, 0.15) is 15.9 Å². The van der Waals surface area contributed by atoms with E-state index in [4.69, 9.17) is 9.52 Å². The quantitative estimate of drug-likeness (QED) is 0.598. The van der Waals surface area contributed by atoms with Crippen LogP contribution in [0, 0.1) is 5.82 Å². The number of carboxylic acids is 1. The molecule has 0 spiro atoms. The van der Waals surface area contributed by atoms with Crippen molar-refractivity contribution in [3.8, 4) is 17.1 Å². The summed E-state index contributed by atoms with van der Waals surface area (Å²) in [7, 11) is 1.46. The van der Waals surface area contributed by atoms with Gasteiger partial charge in [0.15, 0.2) is 0 Å². The molecule has 0 aliphatic heterocycles. The summed E-state index contributed by atoms with van der Waals surface area (Å²) in [6.45, 7) is 0. The summed E-state index contributed by atoms with van der Waals surface area (Å²) in [6.07, 6.45) is 2.41. The summed E-state index contributed by atoms with van der Waals surface area (Å²) in [4.78, 5) is 23.3. The van der Waals surface area contributed by atoms with Crippen LogP contribution in [0.25, 0.3) is 22.3 Å². The molecule has 2 aromatic carbocycles. The number of furan rings is 1. The van der Waals surface area contributed by atoms with Crippen molar-refractivity contribution in [3.05, 3.63) is 65.5 Å². The number of carboxylic acid groups (broad SMARTS) is 1. The van der Waals surface area contributed by atoms with Crippen LogP contribution in [0.4, 0.5) is 4.39 Å². The monoisotopic (exact) mass is 369 g/mol. The van der Waals surface area contributed by atoms with Crippen molar-refractivity contribution in [1.82, 2.24) is 5.32 Å². The number of rotatable bonds is 5. The van der Waals surface area contributed by atoms with Crippen LogP contribution in [0.3, 0.4) is 0 Å². The van der Waals surface area contributed by atoms with E-state index in [1.54, 1.807) is 0 Å². The molecule has 0 atom stereocenters. The molecule has 0 bridgehead atoms. The Hall–Kier alpha value is -3.61. The number of aromatic hydroxyl groups is 1. The largest absolute Gasteiger partial charge is 0.508 e. The third-order valence-electron chi connectivity index (χ3n) is 4.08. The van der Waals surface area contributed by atoms with E-state index in [0.29, 0.717) is 22.1 Å². The summed E-state index contributed by atoms with van der Waals surface area (Å²) < 4.78 is 19.1. The number of benzene rings is 2. The van der Waals surface area contributed by atoms with Crippen molar-refractivity contribution in [2.45, 2.75) is 6.42 Å². The maximum atomic E-state index is 13.3. The van der Waals surface area contributed by atoms with E-state index in [0.717, 1.165) is 6.08 Å². The van der Waals surface area contributed by atoms with E-state index >= 15 is 0 Å². The molecule has 27 heavy (non-hydrogen) atoms. The average molecular weight is 369 g/mol. The number of amides is 1. The second kappa shape index (κ2) is 7.33.